The first-order chi connectivity index (χ1) is 6.36. The van der Waals surface area contributed by atoms with E-state index in [9.17, 15) is 0 Å². The molecule has 13 heavy (non-hydrogen) atoms. The number of ether oxygens (including phenoxy) is 2. The van der Waals surface area contributed by atoms with E-state index in [0.717, 1.165) is 6.42 Å². The first-order valence-corrected chi connectivity index (χ1v) is 5.55. The van der Waals surface area contributed by atoms with Crippen molar-refractivity contribution >= 4 is 11.3 Å². The van der Waals surface area contributed by atoms with E-state index in [1.165, 1.54) is 5.56 Å². The molecule has 1 heterocycles. The zero-order valence-electron chi connectivity index (χ0n) is 8.16. The van der Waals surface area contributed by atoms with Gasteiger partial charge in [-0.05, 0) is 36.2 Å². The Balaban J connectivity index is 2.37. The van der Waals surface area contributed by atoms with E-state index in [4.69, 9.17) is 9.47 Å². The van der Waals surface area contributed by atoms with Gasteiger partial charge in [-0.1, -0.05) is 0 Å². The second-order valence-corrected chi connectivity index (χ2v) is 3.46. The van der Waals surface area contributed by atoms with Crippen LogP contribution in [0.2, 0.25) is 0 Å². The molecule has 1 rings (SSSR count). The van der Waals surface area contributed by atoms with Crippen molar-refractivity contribution < 1.29 is 9.47 Å². The summed E-state index contributed by atoms with van der Waals surface area (Å²) in [6.45, 7) is 5.38. The molecule has 1 aromatic rings. The van der Waals surface area contributed by atoms with Crippen LogP contribution in [0, 0.1) is 0 Å². The van der Waals surface area contributed by atoms with Gasteiger partial charge in [0.25, 0.3) is 0 Å². The van der Waals surface area contributed by atoms with Gasteiger partial charge in [-0.15, -0.1) is 0 Å². The van der Waals surface area contributed by atoms with Gasteiger partial charge in [0.05, 0.1) is 0 Å². The molecule has 0 atom stereocenters. The predicted molar refractivity (Wildman–Crippen MR) is 55.1 cm³/mol. The minimum Gasteiger partial charge on any atom is -0.353 e. The molecule has 0 saturated carbocycles. The lowest BCUT2D eigenvalue weighted by atomic mass is 10.2. The van der Waals surface area contributed by atoms with Gasteiger partial charge in [0.2, 0.25) is 0 Å². The standard InChI is InChI=1S/C10H16O2S/c1-3-11-10(12-4-2)7-9-5-6-13-8-9/h5-6,8,10H,3-4,7H2,1-2H3. The molecule has 0 aromatic carbocycles. The van der Waals surface area contributed by atoms with E-state index in [2.05, 4.69) is 16.8 Å². The van der Waals surface area contributed by atoms with Crippen molar-refractivity contribution in [3.8, 4) is 0 Å². The fraction of sp³-hybridized carbons (Fsp3) is 0.600. The zero-order valence-corrected chi connectivity index (χ0v) is 8.97. The Morgan fingerprint density at radius 2 is 2.00 bits per heavy atom. The minimum absolute atomic E-state index is 0.0791. The highest BCUT2D eigenvalue weighted by Gasteiger charge is 2.08. The van der Waals surface area contributed by atoms with Gasteiger partial charge in [-0.25, -0.2) is 0 Å². The van der Waals surface area contributed by atoms with Gasteiger partial charge < -0.3 is 9.47 Å². The van der Waals surface area contributed by atoms with Crippen molar-refractivity contribution in [3.63, 3.8) is 0 Å². The molecule has 74 valence electrons. The molecule has 2 nitrogen and oxygen atoms in total. The minimum atomic E-state index is -0.0791. The average Bonchev–Trinajstić information content (AvgIpc) is 2.58. The zero-order chi connectivity index (χ0) is 9.52. The highest BCUT2D eigenvalue weighted by molar-refractivity contribution is 7.07. The molecular weight excluding hydrogens is 184 g/mol. The van der Waals surface area contributed by atoms with Crippen LogP contribution in [0.1, 0.15) is 19.4 Å². The van der Waals surface area contributed by atoms with Crippen LogP contribution in [-0.4, -0.2) is 19.5 Å². The van der Waals surface area contributed by atoms with Crippen LogP contribution in [0.4, 0.5) is 0 Å². The largest absolute Gasteiger partial charge is 0.353 e. The molecule has 0 bridgehead atoms. The second kappa shape index (κ2) is 6.13. The topological polar surface area (TPSA) is 18.5 Å². The smallest absolute Gasteiger partial charge is 0.161 e. The van der Waals surface area contributed by atoms with Crippen LogP contribution < -0.4 is 0 Å². The molecule has 0 aliphatic heterocycles. The Morgan fingerprint density at radius 1 is 1.31 bits per heavy atom. The first kappa shape index (κ1) is 10.7. The molecule has 0 aliphatic carbocycles. The normalized spacial score (nSPS) is 11.0. The summed E-state index contributed by atoms with van der Waals surface area (Å²) in [5, 5.41) is 4.20. The lowest BCUT2D eigenvalue weighted by Gasteiger charge is -2.15. The number of hydrogen-bond acceptors (Lipinski definition) is 3. The van der Waals surface area contributed by atoms with Crippen LogP contribution in [0.15, 0.2) is 16.8 Å². The highest BCUT2D eigenvalue weighted by atomic mass is 32.1. The van der Waals surface area contributed by atoms with E-state index in [1.807, 2.05) is 13.8 Å². The van der Waals surface area contributed by atoms with Crippen molar-refractivity contribution in [1.82, 2.24) is 0 Å². The van der Waals surface area contributed by atoms with Crippen molar-refractivity contribution in [2.24, 2.45) is 0 Å². The predicted octanol–water partition coefficient (Wildman–Crippen LogP) is 2.69. The summed E-state index contributed by atoms with van der Waals surface area (Å²) in [4.78, 5) is 0. The number of hydrogen-bond donors (Lipinski definition) is 0. The van der Waals surface area contributed by atoms with Gasteiger partial charge >= 0.3 is 0 Å². The molecule has 0 saturated heterocycles. The van der Waals surface area contributed by atoms with Gasteiger partial charge in [0.15, 0.2) is 6.29 Å². The molecule has 3 heteroatoms. The second-order valence-electron chi connectivity index (χ2n) is 2.68. The summed E-state index contributed by atoms with van der Waals surface area (Å²) in [5.74, 6) is 0. The molecule has 0 radical (unpaired) electrons. The van der Waals surface area contributed by atoms with E-state index in [1.54, 1.807) is 11.3 Å². The average molecular weight is 200 g/mol. The monoisotopic (exact) mass is 200 g/mol. The third-order valence-corrected chi connectivity index (χ3v) is 2.42. The first-order valence-electron chi connectivity index (χ1n) is 4.61. The molecule has 0 aliphatic rings. The SMILES string of the molecule is CCOC(Cc1ccsc1)OCC. The maximum absolute atomic E-state index is 5.44. The summed E-state index contributed by atoms with van der Waals surface area (Å²) >= 11 is 1.71. The molecular formula is C10H16O2S. The Kier molecular flexibility index (Phi) is 5.05. The summed E-state index contributed by atoms with van der Waals surface area (Å²) in [5.41, 5.74) is 1.29. The van der Waals surface area contributed by atoms with Crippen LogP contribution in [0.3, 0.4) is 0 Å². The van der Waals surface area contributed by atoms with E-state index in [-0.39, 0.29) is 6.29 Å². The molecule has 0 unspecified atom stereocenters. The van der Waals surface area contributed by atoms with Crippen molar-refractivity contribution in [1.29, 1.82) is 0 Å². The third-order valence-electron chi connectivity index (χ3n) is 1.69. The molecule has 0 fully saturated rings. The Bertz CT molecular complexity index is 203. The van der Waals surface area contributed by atoms with Gasteiger partial charge in [-0.3, -0.25) is 0 Å². The summed E-state index contributed by atoms with van der Waals surface area (Å²) in [6.07, 6.45) is 0.773. The van der Waals surface area contributed by atoms with E-state index in [0.29, 0.717) is 13.2 Å². The molecule has 0 N–H and O–H groups in total. The van der Waals surface area contributed by atoms with Crippen LogP contribution in [0.25, 0.3) is 0 Å². The Morgan fingerprint density at radius 3 is 2.46 bits per heavy atom. The fourth-order valence-electron chi connectivity index (χ4n) is 1.14. The lowest BCUT2D eigenvalue weighted by Crippen LogP contribution is -2.19. The van der Waals surface area contributed by atoms with Crippen LogP contribution in [-0.2, 0) is 15.9 Å². The number of thiophene rings is 1. The van der Waals surface area contributed by atoms with Gasteiger partial charge in [0, 0.05) is 19.6 Å². The van der Waals surface area contributed by atoms with Gasteiger partial charge in [-0.2, -0.15) is 11.3 Å². The Hall–Kier alpha value is -0.380. The molecule has 0 spiro atoms. The van der Waals surface area contributed by atoms with E-state index >= 15 is 0 Å². The molecule has 0 amide bonds. The van der Waals surface area contributed by atoms with Crippen molar-refractivity contribution in [3.05, 3.63) is 22.4 Å². The fourth-order valence-corrected chi connectivity index (χ4v) is 1.82. The van der Waals surface area contributed by atoms with Crippen molar-refractivity contribution in [2.75, 3.05) is 13.2 Å². The quantitative estimate of drug-likeness (QED) is 0.657. The number of rotatable bonds is 6. The lowest BCUT2D eigenvalue weighted by molar-refractivity contribution is -0.134. The van der Waals surface area contributed by atoms with Crippen LogP contribution in [0.5, 0.6) is 0 Å². The maximum Gasteiger partial charge on any atom is 0.161 e. The van der Waals surface area contributed by atoms with E-state index < -0.39 is 0 Å². The summed E-state index contributed by atoms with van der Waals surface area (Å²) < 4.78 is 10.9. The summed E-state index contributed by atoms with van der Waals surface area (Å²) in [6, 6.07) is 2.11. The highest BCUT2D eigenvalue weighted by Crippen LogP contribution is 2.11. The molecule has 1 aromatic heterocycles. The van der Waals surface area contributed by atoms with Crippen LogP contribution >= 0.6 is 11.3 Å². The van der Waals surface area contributed by atoms with Crippen molar-refractivity contribution in [2.45, 2.75) is 26.6 Å². The third kappa shape index (κ3) is 3.89. The van der Waals surface area contributed by atoms with Gasteiger partial charge in [0.1, 0.15) is 0 Å². The maximum atomic E-state index is 5.44. The summed E-state index contributed by atoms with van der Waals surface area (Å²) in [7, 11) is 0. The Labute approximate surface area is 83.5 Å².